The van der Waals surface area contributed by atoms with Gasteiger partial charge in [0.2, 0.25) is 11.8 Å². The minimum absolute atomic E-state index is 0.0680. The number of hydrogen-bond acceptors (Lipinski definition) is 20. The Bertz CT molecular complexity index is 1720. The van der Waals surface area contributed by atoms with Crippen molar-refractivity contribution in [1.82, 2.24) is 5.32 Å². The lowest BCUT2D eigenvalue weighted by atomic mass is 9.94. The largest absolute Gasteiger partial charge is 0.481 e. The van der Waals surface area contributed by atoms with Crippen LogP contribution in [0.15, 0.2) is 58.8 Å². The maximum atomic E-state index is 12.3. The van der Waals surface area contributed by atoms with Gasteiger partial charge in [0.25, 0.3) is 0 Å². The van der Waals surface area contributed by atoms with E-state index in [-0.39, 0.29) is 50.5 Å². The van der Waals surface area contributed by atoms with Crippen molar-refractivity contribution in [3.8, 4) is 0 Å². The van der Waals surface area contributed by atoms with E-state index in [4.69, 9.17) is 67.7 Å². The second-order valence-corrected chi connectivity index (χ2v) is 15.7. The van der Waals surface area contributed by atoms with Crippen molar-refractivity contribution in [2.45, 2.75) is 38.1 Å². The van der Waals surface area contributed by atoms with Gasteiger partial charge in [0.1, 0.15) is 6.04 Å². The molecule has 24 nitrogen and oxygen atoms in total. The van der Waals surface area contributed by atoms with E-state index in [0.29, 0.717) is 176 Å². The molecule has 7 N–H and O–H groups in total. The van der Waals surface area contributed by atoms with Gasteiger partial charge in [-0.25, -0.2) is 0 Å². The monoisotopic (exact) mass is 1040 g/mol. The highest BCUT2D eigenvalue weighted by Crippen LogP contribution is 2.22. The SMILES string of the molecule is COCCOCCOCCOCCOCCOCCOCCOCCOCCOCCOCCOCCC(=O)NCCNc1ccc(N=Nc2ccc(NC(=O)CCC[C@@H](C[C@H](N)C(=O)O)C(=O)O)cc2)cc1. The number of azo groups is 1. The van der Waals surface area contributed by atoms with Gasteiger partial charge in [0, 0.05) is 44.4 Å². The van der Waals surface area contributed by atoms with E-state index < -0.39 is 23.9 Å². The van der Waals surface area contributed by atoms with Gasteiger partial charge in [0.15, 0.2) is 0 Å². The molecule has 2 aromatic rings. The number of methoxy groups -OCH3 is 1. The average Bonchev–Trinajstić information content (AvgIpc) is 3.38. The summed E-state index contributed by atoms with van der Waals surface area (Å²) in [4.78, 5) is 46.9. The molecule has 0 aromatic heterocycles. The standard InChI is InChI=1S/C49H80N6O18/c1-62-17-18-64-21-22-66-25-26-68-29-30-70-33-34-72-37-38-73-36-35-71-32-31-69-28-27-67-24-23-65-20-19-63-16-13-46(56)52-15-14-51-41-5-9-43(10-6-41)54-55-44-11-7-42(8-12-44)53-47(57)4-2-3-40(48(58)59)39-45(50)49(60)61/h5-12,40,45,51H,2-4,13-39,50H2,1H3,(H,52,56)(H,53,57)(H,58,59)(H,60,61)/t40-,45-/m0/s1. The van der Waals surface area contributed by atoms with Crippen molar-refractivity contribution < 1.29 is 86.2 Å². The number of anilines is 2. The number of aliphatic carboxylic acids is 2. The molecule has 2 aromatic carbocycles. The Balaban J connectivity index is 1.31. The van der Waals surface area contributed by atoms with Crippen molar-refractivity contribution in [1.29, 1.82) is 0 Å². The topological polar surface area (TPSA) is 306 Å². The molecule has 414 valence electrons. The van der Waals surface area contributed by atoms with Gasteiger partial charge in [-0.05, 0) is 67.8 Å². The fraction of sp³-hybridized carbons (Fsp3) is 0.673. The quantitative estimate of drug-likeness (QED) is 0.0408. The molecule has 2 atom stereocenters. The first-order chi connectivity index (χ1) is 35.7. The molecule has 0 saturated carbocycles. The molecule has 73 heavy (non-hydrogen) atoms. The number of carbonyl (C=O) groups is 4. The number of benzene rings is 2. The van der Waals surface area contributed by atoms with Gasteiger partial charge >= 0.3 is 11.9 Å². The van der Waals surface area contributed by atoms with Crippen LogP contribution in [0.4, 0.5) is 22.7 Å². The molecule has 0 heterocycles. The molecule has 2 amide bonds. The second-order valence-electron chi connectivity index (χ2n) is 15.7. The van der Waals surface area contributed by atoms with E-state index in [9.17, 15) is 24.3 Å². The molecule has 0 bridgehead atoms. The van der Waals surface area contributed by atoms with Crippen LogP contribution >= 0.6 is 0 Å². The first-order valence-corrected chi connectivity index (χ1v) is 24.7. The van der Waals surface area contributed by atoms with Crippen LogP contribution in [0.1, 0.15) is 32.1 Å². The van der Waals surface area contributed by atoms with E-state index in [1.165, 1.54) is 0 Å². The number of rotatable bonds is 51. The van der Waals surface area contributed by atoms with Gasteiger partial charge in [-0.1, -0.05) is 0 Å². The second kappa shape index (κ2) is 45.8. The first-order valence-electron chi connectivity index (χ1n) is 24.7. The number of nitrogens with two attached hydrogens (primary N) is 1. The Hall–Kier alpha value is -4.80. The van der Waals surface area contributed by atoms with E-state index in [1.54, 1.807) is 43.5 Å². The highest BCUT2D eigenvalue weighted by molar-refractivity contribution is 5.90. The minimum atomic E-state index is -1.27. The van der Waals surface area contributed by atoms with Crippen molar-refractivity contribution in [2.24, 2.45) is 21.9 Å². The van der Waals surface area contributed by atoms with Crippen molar-refractivity contribution in [2.75, 3.05) is 183 Å². The highest BCUT2D eigenvalue weighted by Gasteiger charge is 2.24. The van der Waals surface area contributed by atoms with E-state index >= 15 is 0 Å². The number of nitrogens with zero attached hydrogens (tertiary/aromatic N) is 2. The molecule has 0 aliphatic heterocycles. The summed E-state index contributed by atoms with van der Waals surface area (Å²) < 4.78 is 65.0. The number of carboxylic acid groups (broad SMARTS) is 2. The Kier molecular flexibility index (Phi) is 40.3. The van der Waals surface area contributed by atoms with Crippen LogP contribution in [0.25, 0.3) is 0 Å². The zero-order valence-corrected chi connectivity index (χ0v) is 42.4. The van der Waals surface area contributed by atoms with Crippen molar-refractivity contribution >= 4 is 46.5 Å². The average molecular weight is 1040 g/mol. The Morgan fingerprint density at radius 2 is 0.849 bits per heavy atom. The normalized spacial score (nSPS) is 12.2. The number of ether oxygens (including phenoxy) is 12. The third kappa shape index (κ3) is 38.4. The summed E-state index contributed by atoms with van der Waals surface area (Å²) in [5.74, 6) is -3.77. The van der Waals surface area contributed by atoms with Crippen LogP contribution in [0.3, 0.4) is 0 Å². The van der Waals surface area contributed by atoms with Crippen LogP contribution in [0.5, 0.6) is 0 Å². The van der Waals surface area contributed by atoms with Gasteiger partial charge in [-0.3, -0.25) is 19.2 Å². The molecule has 0 aliphatic carbocycles. The fourth-order valence-corrected chi connectivity index (χ4v) is 5.96. The summed E-state index contributed by atoms with van der Waals surface area (Å²) in [7, 11) is 1.64. The predicted molar refractivity (Wildman–Crippen MR) is 268 cm³/mol. The van der Waals surface area contributed by atoms with Crippen LogP contribution < -0.4 is 21.7 Å². The molecule has 0 aliphatic rings. The van der Waals surface area contributed by atoms with E-state index in [0.717, 1.165) is 5.69 Å². The molecule has 24 heteroatoms. The molecule has 0 saturated heterocycles. The number of nitrogens with one attached hydrogen (secondary N) is 3. The van der Waals surface area contributed by atoms with Crippen LogP contribution in [-0.2, 0) is 76.0 Å². The summed E-state index contributed by atoms with van der Waals surface area (Å²) in [6.07, 6.45) is 0.493. The Morgan fingerprint density at radius 3 is 1.22 bits per heavy atom. The van der Waals surface area contributed by atoms with Crippen LogP contribution in [-0.4, -0.2) is 212 Å². The highest BCUT2D eigenvalue weighted by atomic mass is 16.6. The number of amides is 2. The minimum Gasteiger partial charge on any atom is -0.481 e. The molecule has 0 spiro atoms. The molecule has 2 rings (SSSR count). The summed E-state index contributed by atoms with van der Waals surface area (Å²) in [5, 5.41) is 35.6. The fourth-order valence-electron chi connectivity index (χ4n) is 5.96. The van der Waals surface area contributed by atoms with Crippen LogP contribution in [0, 0.1) is 5.92 Å². The van der Waals surface area contributed by atoms with E-state index in [2.05, 4.69) is 26.2 Å². The Labute approximate surface area is 428 Å². The Morgan fingerprint density at radius 1 is 0.479 bits per heavy atom. The van der Waals surface area contributed by atoms with Gasteiger partial charge in [0.05, 0.1) is 169 Å². The summed E-state index contributed by atoms with van der Waals surface area (Å²) >= 11 is 0. The molecule has 0 unspecified atom stereocenters. The predicted octanol–water partition coefficient (Wildman–Crippen LogP) is 3.46. The summed E-state index contributed by atoms with van der Waals surface area (Å²) in [6, 6.07) is 12.8. The lowest BCUT2D eigenvalue weighted by Gasteiger charge is -2.14. The smallest absolute Gasteiger partial charge is 0.320 e. The maximum absolute atomic E-state index is 12.3. The van der Waals surface area contributed by atoms with Gasteiger partial charge in [-0.2, -0.15) is 10.2 Å². The lowest BCUT2D eigenvalue weighted by Crippen LogP contribution is -2.34. The maximum Gasteiger partial charge on any atom is 0.320 e. The van der Waals surface area contributed by atoms with Gasteiger partial charge < -0.3 is 88.7 Å². The lowest BCUT2D eigenvalue weighted by molar-refractivity contribution is -0.144. The molecular weight excluding hydrogens is 961 g/mol. The van der Waals surface area contributed by atoms with Crippen molar-refractivity contribution in [3.63, 3.8) is 0 Å². The number of hydrogen-bond donors (Lipinski definition) is 6. The third-order valence-corrected chi connectivity index (χ3v) is 9.86. The summed E-state index contributed by atoms with van der Waals surface area (Å²) in [5.41, 5.74) is 8.05. The molecule has 0 fully saturated rings. The first kappa shape index (κ1) is 64.3. The third-order valence-electron chi connectivity index (χ3n) is 9.86. The van der Waals surface area contributed by atoms with Crippen LogP contribution in [0.2, 0.25) is 0 Å². The van der Waals surface area contributed by atoms with Crippen molar-refractivity contribution in [3.05, 3.63) is 48.5 Å². The van der Waals surface area contributed by atoms with E-state index in [1.807, 2.05) is 12.1 Å². The number of carbonyl (C=O) groups excluding carboxylic acids is 2. The zero-order valence-electron chi connectivity index (χ0n) is 42.4. The molecular formula is C49H80N6O18. The summed E-state index contributed by atoms with van der Waals surface area (Å²) in [6.45, 7) is 11.8. The number of carboxylic acids is 2. The van der Waals surface area contributed by atoms with Gasteiger partial charge in [-0.15, -0.1) is 0 Å². The molecule has 0 radical (unpaired) electrons. The zero-order chi connectivity index (χ0) is 52.7.